The molecule has 2 aliphatic rings. The van der Waals surface area contributed by atoms with Crippen molar-refractivity contribution in [2.45, 2.75) is 37.8 Å². The Morgan fingerprint density at radius 1 is 1.35 bits per heavy atom. The van der Waals surface area contributed by atoms with Gasteiger partial charge >= 0.3 is 0 Å². The van der Waals surface area contributed by atoms with Gasteiger partial charge in [0.05, 0.1) is 18.8 Å². The minimum atomic E-state index is -0.265. The average Bonchev–Trinajstić information content (AvgIpc) is 3.08. The molecule has 2 heterocycles. The van der Waals surface area contributed by atoms with E-state index in [9.17, 15) is 9.59 Å². The van der Waals surface area contributed by atoms with E-state index in [2.05, 4.69) is 10.6 Å². The highest BCUT2D eigenvalue weighted by Gasteiger charge is 2.40. The van der Waals surface area contributed by atoms with Crippen LogP contribution >= 0.6 is 11.8 Å². The first-order valence-corrected chi connectivity index (χ1v) is 10.3. The summed E-state index contributed by atoms with van der Waals surface area (Å²) in [4.78, 5) is 24.4. The normalized spacial score (nSPS) is 25.0. The highest BCUT2D eigenvalue weighted by Crippen LogP contribution is 2.38. The molecule has 0 bridgehead atoms. The Hall–Kier alpha value is -1.73. The molecule has 142 valence electrons. The van der Waals surface area contributed by atoms with Gasteiger partial charge in [-0.1, -0.05) is 0 Å². The molecule has 0 unspecified atom stereocenters. The maximum atomic E-state index is 12.2. The summed E-state index contributed by atoms with van der Waals surface area (Å²) < 4.78 is 11.3. The highest BCUT2D eigenvalue weighted by molar-refractivity contribution is 7.99. The standard InChI is InChI=1S/C19H26N2O4S/c1-2-24-16-5-3-14(4-6-16)18(23)20-12-17(22)21-15-7-9-25-19(11-15)8-10-26-13-19/h3-6,15H,2,7-13H2,1H3,(H,20,23)(H,21,22)/t15-,19-/m1/s1. The minimum Gasteiger partial charge on any atom is -0.494 e. The minimum absolute atomic E-state index is 0.0227. The van der Waals surface area contributed by atoms with Gasteiger partial charge in [-0.25, -0.2) is 0 Å². The zero-order valence-corrected chi connectivity index (χ0v) is 15.9. The predicted octanol–water partition coefficient (Wildman–Crippen LogP) is 1.99. The summed E-state index contributed by atoms with van der Waals surface area (Å²) in [6.07, 6.45) is 2.74. The number of thioether (sulfide) groups is 1. The lowest BCUT2D eigenvalue weighted by molar-refractivity contribution is -0.123. The summed E-state index contributed by atoms with van der Waals surface area (Å²) in [6.45, 7) is 3.15. The van der Waals surface area contributed by atoms with E-state index < -0.39 is 0 Å². The van der Waals surface area contributed by atoms with Crippen LogP contribution in [0.4, 0.5) is 0 Å². The molecule has 0 aliphatic carbocycles. The molecule has 2 amide bonds. The molecule has 0 saturated carbocycles. The monoisotopic (exact) mass is 378 g/mol. The first kappa shape index (κ1) is 19.0. The average molecular weight is 378 g/mol. The van der Waals surface area contributed by atoms with Crippen LogP contribution in [0, 0.1) is 0 Å². The molecule has 1 aromatic rings. The van der Waals surface area contributed by atoms with E-state index in [4.69, 9.17) is 9.47 Å². The first-order valence-electron chi connectivity index (χ1n) is 9.12. The Balaban J connectivity index is 1.44. The number of carbonyl (C=O) groups excluding carboxylic acids is 2. The van der Waals surface area contributed by atoms with E-state index >= 15 is 0 Å². The molecule has 6 nitrogen and oxygen atoms in total. The fourth-order valence-corrected chi connectivity index (χ4v) is 4.80. The van der Waals surface area contributed by atoms with E-state index in [1.807, 2.05) is 18.7 Å². The van der Waals surface area contributed by atoms with Crippen molar-refractivity contribution < 1.29 is 19.1 Å². The molecule has 2 saturated heterocycles. The second-order valence-corrected chi connectivity index (χ2v) is 7.84. The number of hydrogen-bond donors (Lipinski definition) is 2. The predicted molar refractivity (Wildman–Crippen MR) is 102 cm³/mol. The Morgan fingerprint density at radius 2 is 2.15 bits per heavy atom. The number of rotatable bonds is 6. The van der Waals surface area contributed by atoms with Crippen molar-refractivity contribution in [1.82, 2.24) is 10.6 Å². The molecular weight excluding hydrogens is 352 g/mol. The van der Waals surface area contributed by atoms with Crippen molar-refractivity contribution in [3.63, 3.8) is 0 Å². The van der Waals surface area contributed by atoms with Gasteiger partial charge in [0, 0.05) is 24.0 Å². The SMILES string of the molecule is CCOc1ccc(C(=O)NCC(=O)N[C@@H]2CCO[C@]3(CCSC3)C2)cc1. The zero-order chi connectivity index (χ0) is 18.4. The molecule has 2 fully saturated rings. The van der Waals surface area contributed by atoms with Crippen molar-refractivity contribution in [2.75, 3.05) is 31.3 Å². The lowest BCUT2D eigenvalue weighted by Gasteiger charge is -2.38. The third-order valence-electron chi connectivity index (χ3n) is 4.76. The van der Waals surface area contributed by atoms with Crippen LogP contribution in [-0.4, -0.2) is 54.7 Å². The zero-order valence-electron chi connectivity index (χ0n) is 15.1. The molecule has 0 radical (unpaired) electrons. The second kappa shape index (κ2) is 8.77. The summed E-state index contributed by atoms with van der Waals surface area (Å²) in [6, 6.07) is 7.01. The second-order valence-electron chi connectivity index (χ2n) is 6.73. The number of nitrogens with one attached hydrogen (secondary N) is 2. The van der Waals surface area contributed by atoms with Gasteiger partial charge in [-0.05, 0) is 56.2 Å². The summed E-state index contributed by atoms with van der Waals surface area (Å²) in [7, 11) is 0. The Morgan fingerprint density at radius 3 is 2.85 bits per heavy atom. The van der Waals surface area contributed by atoms with E-state index in [1.54, 1.807) is 24.3 Å². The van der Waals surface area contributed by atoms with Crippen LogP contribution in [0.25, 0.3) is 0 Å². The summed E-state index contributed by atoms with van der Waals surface area (Å²) in [5.41, 5.74) is 0.445. The molecule has 2 N–H and O–H groups in total. The van der Waals surface area contributed by atoms with Crippen molar-refractivity contribution in [3.8, 4) is 5.75 Å². The van der Waals surface area contributed by atoms with Crippen LogP contribution < -0.4 is 15.4 Å². The van der Waals surface area contributed by atoms with Gasteiger partial charge in [-0.3, -0.25) is 9.59 Å². The Labute approximate surface area is 158 Å². The maximum absolute atomic E-state index is 12.2. The Bertz CT molecular complexity index is 629. The largest absolute Gasteiger partial charge is 0.494 e. The van der Waals surface area contributed by atoms with E-state index in [0.717, 1.165) is 36.5 Å². The fraction of sp³-hybridized carbons (Fsp3) is 0.579. The van der Waals surface area contributed by atoms with Crippen molar-refractivity contribution in [3.05, 3.63) is 29.8 Å². The van der Waals surface area contributed by atoms with E-state index in [0.29, 0.717) is 18.8 Å². The molecular formula is C19H26N2O4S. The van der Waals surface area contributed by atoms with Gasteiger partial charge in [0.1, 0.15) is 5.75 Å². The van der Waals surface area contributed by atoms with Crippen molar-refractivity contribution in [2.24, 2.45) is 0 Å². The van der Waals surface area contributed by atoms with Crippen molar-refractivity contribution in [1.29, 1.82) is 0 Å². The topological polar surface area (TPSA) is 76.7 Å². The molecule has 0 aromatic heterocycles. The smallest absolute Gasteiger partial charge is 0.251 e. The number of hydrogen-bond acceptors (Lipinski definition) is 5. The first-order chi connectivity index (χ1) is 12.6. The van der Waals surface area contributed by atoms with Crippen molar-refractivity contribution >= 4 is 23.6 Å². The summed E-state index contributed by atoms with van der Waals surface area (Å²) in [5.74, 6) is 2.43. The van der Waals surface area contributed by atoms with Gasteiger partial charge in [0.15, 0.2) is 0 Å². The van der Waals surface area contributed by atoms with Gasteiger partial charge in [-0.15, -0.1) is 0 Å². The van der Waals surface area contributed by atoms with Crippen LogP contribution in [0.3, 0.4) is 0 Å². The van der Waals surface area contributed by atoms with Crippen LogP contribution in [0.15, 0.2) is 24.3 Å². The van der Waals surface area contributed by atoms with E-state index in [-0.39, 0.29) is 30.0 Å². The third kappa shape index (κ3) is 4.92. The molecule has 2 aliphatic heterocycles. The number of ether oxygens (including phenoxy) is 2. The van der Waals surface area contributed by atoms with Crippen LogP contribution in [0.5, 0.6) is 5.75 Å². The molecule has 7 heteroatoms. The van der Waals surface area contributed by atoms with Gasteiger partial charge in [0.25, 0.3) is 5.91 Å². The lowest BCUT2D eigenvalue weighted by atomic mass is 9.90. The van der Waals surface area contributed by atoms with Crippen LogP contribution in [0.2, 0.25) is 0 Å². The number of benzene rings is 1. The summed E-state index contributed by atoms with van der Waals surface area (Å²) >= 11 is 1.91. The summed E-state index contributed by atoms with van der Waals surface area (Å²) in [5, 5.41) is 5.71. The lowest BCUT2D eigenvalue weighted by Crippen LogP contribution is -2.50. The van der Waals surface area contributed by atoms with Gasteiger partial charge in [-0.2, -0.15) is 11.8 Å². The maximum Gasteiger partial charge on any atom is 0.251 e. The number of amides is 2. The van der Waals surface area contributed by atoms with Crippen LogP contribution in [-0.2, 0) is 9.53 Å². The highest BCUT2D eigenvalue weighted by atomic mass is 32.2. The third-order valence-corrected chi connectivity index (χ3v) is 5.99. The molecule has 2 atom stereocenters. The molecule has 26 heavy (non-hydrogen) atoms. The quantitative estimate of drug-likeness (QED) is 0.792. The fourth-order valence-electron chi connectivity index (χ4n) is 3.42. The molecule has 1 spiro atoms. The number of carbonyl (C=O) groups is 2. The molecule has 3 rings (SSSR count). The van der Waals surface area contributed by atoms with Gasteiger partial charge in [0.2, 0.25) is 5.91 Å². The van der Waals surface area contributed by atoms with Crippen LogP contribution in [0.1, 0.15) is 36.5 Å². The van der Waals surface area contributed by atoms with E-state index in [1.165, 1.54) is 0 Å². The Kier molecular flexibility index (Phi) is 6.43. The molecule has 1 aromatic carbocycles. The van der Waals surface area contributed by atoms with Gasteiger partial charge < -0.3 is 20.1 Å².